The van der Waals surface area contributed by atoms with Crippen molar-refractivity contribution in [2.45, 2.75) is 59.1 Å². The highest BCUT2D eigenvalue weighted by atomic mass is 16.6. The number of urea groups is 1. The zero-order chi connectivity index (χ0) is 31.0. The highest BCUT2D eigenvalue weighted by Crippen LogP contribution is 2.38. The molecule has 1 aromatic heterocycles. The highest BCUT2D eigenvalue weighted by Gasteiger charge is 2.37. The van der Waals surface area contributed by atoms with Crippen molar-refractivity contribution >= 4 is 29.6 Å². The molecule has 1 aromatic carbocycles. The average Bonchev–Trinajstić information content (AvgIpc) is 2.97. The van der Waals surface area contributed by atoms with E-state index in [1.54, 1.807) is 30.0 Å². The molecule has 1 unspecified atom stereocenters. The second-order valence-electron chi connectivity index (χ2n) is 11.2. The fourth-order valence-corrected chi connectivity index (χ4v) is 5.01. The number of ether oxygens (including phenoxy) is 3. The molecule has 1 atom stereocenters. The van der Waals surface area contributed by atoms with E-state index in [1.165, 1.54) is 6.08 Å². The lowest BCUT2D eigenvalue weighted by atomic mass is 9.94. The van der Waals surface area contributed by atoms with Gasteiger partial charge in [-0.3, -0.25) is 4.90 Å². The lowest BCUT2D eigenvalue weighted by Crippen LogP contribution is -2.45. The van der Waals surface area contributed by atoms with Crippen molar-refractivity contribution < 1.29 is 28.6 Å². The number of morpholine rings is 1. The van der Waals surface area contributed by atoms with Gasteiger partial charge in [0.25, 0.3) is 0 Å². The molecule has 3 heterocycles. The van der Waals surface area contributed by atoms with Crippen molar-refractivity contribution in [3.05, 3.63) is 47.7 Å². The Hall–Kier alpha value is -4.19. The summed E-state index contributed by atoms with van der Waals surface area (Å²) in [5.41, 5.74) is 2.40. The molecule has 43 heavy (non-hydrogen) atoms. The summed E-state index contributed by atoms with van der Waals surface area (Å²) in [7, 11) is 0. The summed E-state index contributed by atoms with van der Waals surface area (Å²) in [6.45, 7) is 12.9. The number of hydrogen-bond acceptors (Lipinski definition) is 9. The molecule has 2 aliphatic heterocycles. The van der Waals surface area contributed by atoms with Crippen LogP contribution in [0.15, 0.2) is 36.4 Å². The third-order valence-electron chi connectivity index (χ3n) is 6.89. The van der Waals surface area contributed by atoms with Crippen LogP contribution in [0.3, 0.4) is 0 Å². The molecule has 0 aliphatic carbocycles. The molecule has 4 rings (SSSR count). The second kappa shape index (κ2) is 14.3. The van der Waals surface area contributed by atoms with Crippen molar-refractivity contribution in [3.8, 4) is 11.4 Å². The largest absolute Gasteiger partial charge is 0.463 e. The van der Waals surface area contributed by atoms with E-state index < -0.39 is 23.7 Å². The van der Waals surface area contributed by atoms with Crippen LogP contribution in [0.4, 0.5) is 21.1 Å². The van der Waals surface area contributed by atoms with E-state index >= 15 is 0 Å². The number of carbonyl (C=O) groups is 3. The smallest absolute Gasteiger partial charge is 0.410 e. The van der Waals surface area contributed by atoms with Gasteiger partial charge in [-0.25, -0.2) is 24.4 Å². The average molecular weight is 595 g/mol. The van der Waals surface area contributed by atoms with Gasteiger partial charge in [0.1, 0.15) is 11.4 Å². The summed E-state index contributed by atoms with van der Waals surface area (Å²) >= 11 is 0. The van der Waals surface area contributed by atoms with Gasteiger partial charge in [0.05, 0.1) is 31.6 Å². The van der Waals surface area contributed by atoms with Crippen LogP contribution in [-0.4, -0.2) is 84.6 Å². The summed E-state index contributed by atoms with van der Waals surface area (Å²) in [6, 6.07) is 6.54. The van der Waals surface area contributed by atoms with Crippen LogP contribution in [0, 0.1) is 0 Å². The molecule has 12 nitrogen and oxygen atoms in total. The number of rotatable bonds is 8. The normalized spacial score (nSPS) is 16.9. The van der Waals surface area contributed by atoms with E-state index in [-0.39, 0.29) is 12.6 Å². The van der Waals surface area contributed by atoms with Gasteiger partial charge in [-0.2, -0.15) is 0 Å². The summed E-state index contributed by atoms with van der Waals surface area (Å²) in [6.07, 6.45) is 3.54. The van der Waals surface area contributed by atoms with Crippen molar-refractivity contribution in [2.24, 2.45) is 0 Å². The number of anilines is 2. The van der Waals surface area contributed by atoms with Crippen molar-refractivity contribution in [1.82, 2.24) is 20.2 Å². The maximum absolute atomic E-state index is 13.4. The minimum atomic E-state index is -0.678. The standard InChI is InChI=1S/C31H42N6O6/c1-6-32-29(39)33-22-13-11-21(12-14-22)27-34-26-23(28(35-27)36-17-19-41-20-18-36)15-16-37(30(40)43-31(3,4)5)24(26)9-8-10-25(38)42-7-2/h8,10-14,24H,6-7,9,15-20H2,1-5H3,(H2,32,33,39). The Morgan fingerprint density at radius 1 is 1.07 bits per heavy atom. The van der Waals surface area contributed by atoms with Gasteiger partial charge in [-0.1, -0.05) is 6.08 Å². The third kappa shape index (κ3) is 8.44. The Morgan fingerprint density at radius 3 is 2.44 bits per heavy atom. The molecule has 2 aromatic rings. The van der Waals surface area contributed by atoms with Gasteiger partial charge in [-0.15, -0.1) is 0 Å². The van der Waals surface area contributed by atoms with Crippen molar-refractivity contribution in [1.29, 1.82) is 0 Å². The number of nitrogens with zero attached hydrogens (tertiary/aromatic N) is 4. The number of carbonyl (C=O) groups excluding carboxylic acids is 3. The minimum Gasteiger partial charge on any atom is -0.463 e. The summed E-state index contributed by atoms with van der Waals surface area (Å²) in [4.78, 5) is 51.4. The van der Waals surface area contributed by atoms with Crippen LogP contribution < -0.4 is 15.5 Å². The molecular formula is C31H42N6O6. The van der Waals surface area contributed by atoms with E-state index in [0.717, 1.165) is 16.9 Å². The Bertz CT molecular complexity index is 1320. The van der Waals surface area contributed by atoms with Crippen LogP contribution in [0.5, 0.6) is 0 Å². The maximum Gasteiger partial charge on any atom is 0.410 e. The fourth-order valence-electron chi connectivity index (χ4n) is 5.01. The lowest BCUT2D eigenvalue weighted by Gasteiger charge is -2.39. The van der Waals surface area contributed by atoms with E-state index in [2.05, 4.69) is 15.5 Å². The number of benzene rings is 1. The second-order valence-corrected chi connectivity index (χ2v) is 11.2. The number of hydrogen-bond donors (Lipinski definition) is 2. The molecule has 0 spiro atoms. The molecule has 1 saturated heterocycles. The summed E-state index contributed by atoms with van der Waals surface area (Å²) in [5, 5.41) is 5.52. The predicted octanol–water partition coefficient (Wildman–Crippen LogP) is 4.47. The Kier molecular flexibility index (Phi) is 10.6. The number of aromatic nitrogens is 2. The van der Waals surface area contributed by atoms with E-state index in [0.29, 0.717) is 69.4 Å². The molecule has 0 bridgehead atoms. The topological polar surface area (TPSA) is 135 Å². The first-order valence-corrected chi connectivity index (χ1v) is 14.8. The van der Waals surface area contributed by atoms with Crippen molar-refractivity contribution in [3.63, 3.8) is 0 Å². The Morgan fingerprint density at radius 2 is 1.79 bits per heavy atom. The maximum atomic E-state index is 13.4. The molecule has 3 amide bonds. The molecule has 0 saturated carbocycles. The molecule has 0 radical (unpaired) electrons. The molecule has 2 N–H and O–H groups in total. The predicted molar refractivity (Wildman–Crippen MR) is 163 cm³/mol. The lowest BCUT2D eigenvalue weighted by molar-refractivity contribution is -0.137. The van der Waals surface area contributed by atoms with Crippen LogP contribution >= 0.6 is 0 Å². The van der Waals surface area contributed by atoms with Crippen LogP contribution in [-0.2, 0) is 25.4 Å². The zero-order valence-corrected chi connectivity index (χ0v) is 25.6. The number of esters is 1. The molecular weight excluding hydrogens is 552 g/mol. The number of nitrogens with one attached hydrogen (secondary N) is 2. The number of amides is 3. The minimum absolute atomic E-state index is 0.274. The van der Waals surface area contributed by atoms with E-state index in [4.69, 9.17) is 24.2 Å². The van der Waals surface area contributed by atoms with Gasteiger partial charge in [-0.05, 0) is 71.7 Å². The van der Waals surface area contributed by atoms with Gasteiger partial charge >= 0.3 is 18.1 Å². The Labute approximate surface area is 252 Å². The van der Waals surface area contributed by atoms with Gasteiger partial charge < -0.3 is 29.7 Å². The SMILES string of the molecule is CCNC(=O)Nc1ccc(-c2nc3c(c(N4CCOCC4)n2)CCN(C(=O)OC(C)(C)C)C3CC=CC(=O)OCC)cc1. The van der Waals surface area contributed by atoms with Crippen LogP contribution in [0.25, 0.3) is 11.4 Å². The monoisotopic (exact) mass is 594 g/mol. The van der Waals surface area contributed by atoms with Gasteiger partial charge in [0.2, 0.25) is 0 Å². The first-order valence-electron chi connectivity index (χ1n) is 14.8. The van der Waals surface area contributed by atoms with Gasteiger partial charge in [0.15, 0.2) is 5.82 Å². The number of fused-ring (bicyclic) bond motifs is 1. The van der Waals surface area contributed by atoms with Crippen molar-refractivity contribution in [2.75, 3.05) is 56.2 Å². The molecule has 1 fully saturated rings. The first kappa shape index (κ1) is 31.7. The molecule has 2 aliphatic rings. The van der Waals surface area contributed by atoms with Crippen LogP contribution in [0.1, 0.15) is 58.3 Å². The summed E-state index contributed by atoms with van der Waals surface area (Å²) < 4.78 is 16.4. The highest BCUT2D eigenvalue weighted by molar-refractivity contribution is 5.89. The summed E-state index contributed by atoms with van der Waals surface area (Å²) in [5.74, 6) is 0.868. The third-order valence-corrected chi connectivity index (χ3v) is 6.89. The molecule has 12 heteroatoms. The fraction of sp³-hybridized carbons (Fsp3) is 0.516. The zero-order valence-electron chi connectivity index (χ0n) is 25.6. The molecule has 232 valence electrons. The quantitative estimate of drug-likeness (QED) is 0.335. The Balaban J connectivity index is 1.77. The van der Waals surface area contributed by atoms with Crippen LogP contribution in [0.2, 0.25) is 0 Å². The van der Waals surface area contributed by atoms with E-state index in [1.807, 2.05) is 39.8 Å². The van der Waals surface area contributed by atoms with Gasteiger partial charge in [0, 0.05) is 49.1 Å². The first-order chi connectivity index (χ1) is 20.6. The van der Waals surface area contributed by atoms with E-state index in [9.17, 15) is 14.4 Å².